The number of hydrogen-bond acceptors (Lipinski definition) is 6. The van der Waals surface area contributed by atoms with E-state index in [0.29, 0.717) is 54.8 Å². The van der Waals surface area contributed by atoms with Crippen molar-refractivity contribution in [2.24, 2.45) is 11.1 Å². The number of amides is 1. The number of carbonyl (C=O) groups is 1. The van der Waals surface area contributed by atoms with Crippen LogP contribution in [0.5, 0.6) is 0 Å². The normalized spacial score (nSPS) is 23.0. The van der Waals surface area contributed by atoms with Crippen molar-refractivity contribution in [1.29, 1.82) is 0 Å². The van der Waals surface area contributed by atoms with Gasteiger partial charge in [-0.25, -0.2) is 18.7 Å². The van der Waals surface area contributed by atoms with Crippen molar-refractivity contribution in [2.75, 3.05) is 10.6 Å². The first-order valence-corrected chi connectivity index (χ1v) is 12.3. The highest BCUT2D eigenvalue weighted by Gasteiger charge is 2.37. The molecule has 2 saturated carbocycles. The van der Waals surface area contributed by atoms with E-state index < -0.39 is 17.0 Å². The van der Waals surface area contributed by atoms with Crippen molar-refractivity contribution in [3.05, 3.63) is 35.0 Å². The second kappa shape index (κ2) is 9.22. The number of halogens is 3. The topological polar surface area (TPSA) is 111 Å². The lowest BCUT2D eigenvalue weighted by molar-refractivity contribution is -0.128. The summed E-state index contributed by atoms with van der Waals surface area (Å²) in [6, 6.07) is 2.08. The lowest BCUT2D eigenvalue weighted by Gasteiger charge is -2.35. The fourth-order valence-electron chi connectivity index (χ4n) is 5.16. The Morgan fingerprint density at radius 1 is 1.17 bits per heavy atom. The zero-order chi connectivity index (χ0) is 24.7. The largest absolute Gasteiger partial charge is 0.369 e. The van der Waals surface area contributed by atoms with Gasteiger partial charge in [0, 0.05) is 23.6 Å². The molecule has 2 aliphatic carbocycles. The van der Waals surface area contributed by atoms with Gasteiger partial charge in [0.05, 0.1) is 16.9 Å². The van der Waals surface area contributed by atoms with Crippen molar-refractivity contribution in [2.45, 2.75) is 70.4 Å². The summed E-state index contributed by atoms with van der Waals surface area (Å²) in [6.07, 6.45) is 8.68. The zero-order valence-corrected chi connectivity index (χ0v) is 20.2. The van der Waals surface area contributed by atoms with Gasteiger partial charge in [-0.1, -0.05) is 31.4 Å². The monoisotopic (exact) mass is 503 g/mol. The molecule has 0 aliphatic heterocycles. The zero-order valence-electron chi connectivity index (χ0n) is 19.5. The first kappa shape index (κ1) is 23.7. The Morgan fingerprint density at radius 3 is 2.54 bits per heavy atom. The van der Waals surface area contributed by atoms with Crippen LogP contribution in [0.1, 0.15) is 64.3 Å². The molecule has 0 bridgehead atoms. The maximum Gasteiger partial charge on any atom is 0.224 e. The number of aromatic nitrogens is 4. The maximum atomic E-state index is 14.6. The van der Waals surface area contributed by atoms with Crippen LogP contribution in [0.4, 0.5) is 26.4 Å². The Morgan fingerprint density at radius 2 is 1.89 bits per heavy atom. The Labute approximate surface area is 206 Å². The van der Waals surface area contributed by atoms with Crippen molar-refractivity contribution in [3.63, 3.8) is 0 Å². The number of imidazole rings is 1. The van der Waals surface area contributed by atoms with Gasteiger partial charge in [0.15, 0.2) is 11.5 Å². The first-order chi connectivity index (χ1) is 16.7. The van der Waals surface area contributed by atoms with Crippen molar-refractivity contribution in [3.8, 4) is 0 Å². The molecule has 0 radical (unpaired) electrons. The molecule has 2 aliphatic rings. The van der Waals surface area contributed by atoms with Crippen LogP contribution in [0.2, 0.25) is 5.02 Å². The Bertz CT molecular complexity index is 1240. The second-order valence-corrected chi connectivity index (χ2v) is 10.3. The first-order valence-electron chi connectivity index (χ1n) is 12.0. The standard InChI is InChI=1S/C24H28ClF2N7O/c1-24(21(28)35)8-6-15(7-9-24)34-20-18(12-29-22(33-20)30-14-4-2-3-5-14)31-23(34)32-19-16(25)10-13(26)11-17(19)27/h10-12,14-15H,2-9H2,1H3,(H2,28,35)(H,31,32)(H,29,30,33)/t15-,24+. The predicted octanol–water partition coefficient (Wildman–Crippen LogP) is 5.46. The highest BCUT2D eigenvalue weighted by atomic mass is 35.5. The molecule has 0 spiro atoms. The molecule has 0 atom stereocenters. The van der Waals surface area contributed by atoms with Gasteiger partial charge in [0.1, 0.15) is 11.3 Å². The fourth-order valence-corrected chi connectivity index (χ4v) is 5.41. The van der Waals surface area contributed by atoms with E-state index in [0.717, 1.165) is 25.0 Å². The van der Waals surface area contributed by atoms with Crippen LogP contribution in [-0.2, 0) is 4.79 Å². The summed E-state index contributed by atoms with van der Waals surface area (Å²) in [5.74, 6) is -1.06. The van der Waals surface area contributed by atoms with Crippen LogP contribution < -0.4 is 16.4 Å². The molecule has 3 aromatic rings. The number of fused-ring (bicyclic) bond motifs is 1. The molecule has 5 rings (SSSR count). The van der Waals surface area contributed by atoms with E-state index in [-0.39, 0.29) is 22.7 Å². The lowest BCUT2D eigenvalue weighted by Crippen LogP contribution is -2.38. The summed E-state index contributed by atoms with van der Waals surface area (Å²) in [5, 5.41) is 6.27. The van der Waals surface area contributed by atoms with Crippen molar-refractivity contribution < 1.29 is 13.6 Å². The van der Waals surface area contributed by atoms with Gasteiger partial charge in [0.2, 0.25) is 17.8 Å². The summed E-state index contributed by atoms with van der Waals surface area (Å²) in [7, 11) is 0. The van der Waals surface area contributed by atoms with E-state index in [1.54, 1.807) is 6.20 Å². The fraction of sp³-hybridized carbons (Fsp3) is 0.500. The lowest BCUT2D eigenvalue weighted by atomic mass is 9.73. The van der Waals surface area contributed by atoms with Crippen LogP contribution in [-0.4, -0.2) is 31.5 Å². The van der Waals surface area contributed by atoms with Crippen LogP contribution in [0.25, 0.3) is 11.2 Å². The SMILES string of the molecule is C[C@]1(C(N)=O)CC[C@@H](n2c(Nc3c(F)cc(F)cc3Cl)nc3cnc(NC4CCCC4)nc32)CC1. The van der Waals surface area contributed by atoms with Gasteiger partial charge in [-0.15, -0.1) is 0 Å². The average Bonchev–Trinajstić information content (AvgIpc) is 3.44. The van der Waals surface area contributed by atoms with Crippen molar-refractivity contribution in [1.82, 2.24) is 19.5 Å². The van der Waals surface area contributed by atoms with Crippen LogP contribution >= 0.6 is 11.6 Å². The third-order valence-corrected chi connectivity index (χ3v) is 7.68. The number of primary amides is 1. The van der Waals surface area contributed by atoms with E-state index in [4.69, 9.17) is 22.3 Å². The molecular formula is C24H28ClF2N7O. The molecule has 11 heteroatoms. The summed E-state index contributed by atoms with van der Waals surface area (Å²) in [4.78, 5) is 25.8. The molecule has 2 heterocycles. The molecule has 2 aromatic heterocycles. The maximum absolute atomic E-state index is 14.6. The smallest absolute Gasteiger partial charge is 0.224 e. The van der Waals surface area contributed by atoms with Gasteiger partial charge >= 0.3 is 0 Å². The van der Waals surface area contributed by atoms with E-state index in [1.165, 1.54) is 12.8 Å². The number of nitrogens with zero attached hydrogens (tertiary/aromatic N) is 4. The number of hydrogen-bond donors (Lipinski definition) is 3. The van der Waals surface area contributed by atoms with Crippen LogP contribution in [0.15, 0.2) is 18.3 Å². The van der Waals surface area contributed by atoms with E-state index in [1.807, 2.05) is 11.5 Å². The van der Waals surface area contributed by atoms with Gasteiger partial charge in [-0.2, -0.15) is 4.98 Å². The van der Waals surface area contributed by atoms with Crippen LogP contribution in [0, 0.1) is 17.0 Å². The third kappa shape index (κ3) is 4.63. The molecular weight excluding hydrogens is 476 g/mol. The average molecular weight is 504 g/mol. The van der Waals surface area contributed by atoms with Gasteiger partial charge < -0.3 is 16.4 Å². The number of nitrogens with one attached hydrogen (secondary N) is 2. The highest BCUT2D eigenvalue weighted by Crippen LogP contribution is 2.43. The van der Waals surface area contributed by atoms with Crippen molar-refractivity contribution >= 4 is 46.3 Å². The summed E-state index contributed by atoms with van der Waals surface area (Å²) >= 11 is 6.15. The Hall–Kier alpha value is -3.01. The molecule has 0 unspecified atom stereocenters. The van der Waals surface area contributed by atoms with Gasteiger partial charge in [0.25, 0.3) is 0 Å². The van der Waals surface area contributed by atoms with Gasteiger partial charge in [-0.05, 0) is 44.6 Å². The molecule has 0 saturated heterocycles. The predicted molar refractivity (Wildman–Crippen MR) is 131 cm³/mol. The number of benzene rings is 1. The number of carbonyl (C=O) groups excluding carboxylic acids is 1. The summed E-state index contributed by atoms with van der Waals surface area (Å²) in [5.41, 5.74) is 6.13. The molecule has 8 nitrogen and oxygen atoms in total. The quantitative estimate of drug-likeness (QED) is 0.412. The summed E-state index contributed by atoms with van der Waals surface area (Å²) in [6.45, 7) is 1.89. The Balaban J connectivity index is 1.54. The molecule has 1 amide bonds. The minimum atomic E-state index is -0.826. The Kier molecular flexibility index (Phi) is 6.25. The van der Waals surface area contributed by atoms with E-state index >= 15 is 0 Å². The summed E-state index contributed by atoms with van der Waals surface area (Å²) < 4.78 is 30.1. The third-order valence-electron chi connectivity index (χ3n) is 7.38. The van der Waals surface area contributed by atoms with Crippen LogP contribution in [0.3, 0.4) is 0 Å². The number of nitrogens with two attached hydrogens (primary N) is 1. The van der Waals surface area contributed by atoms with Gasteiger partial charge in [-0.3, -0.25) is 9.36 Å². The molecule has 35 heavy (non-hydrogen) atoms. The minimum absolute atomic E-state index is 0.0635. The number of rotatable bonds is 6. The highest BCUT2D eigenvalue weighted by molar-refractivity contribution is 6.33. The van der Waals surface area contributed by atoms with E-state index in [2.05, 4.69) is 20.6 Å². The molecule has 2 fully saturated rings. The molecule has 186 valence electrons. The minimum Gasteiger partial charge on any atom is -0.369 e. The number of anilines is 3. The molecule has 4 N–H and O–H groups in total. The van der Waals surface area contributed by atoms with E-state index in [9.17, 15) is 13.6 Å². The molecule has 1 aromatic carbocycles. The second-order valence-electron chi connectivity index (χ2n) is 9.86.